The number of hydrogen-bond acceptors (Lipinski definition) is 4. The Kier molecular flexibility index (Phi) is 7.36. The lowest BCUT2D eigenvalue weighted by Crippen LogP contribution is -2.22. The van der Waals surface area contributed by atoms with Crippen LogP contribution in [-0.4, -0.2) is 33.6 Å². The topological polar surface area (TPSA) is 77.4 Å². The molecule has 0 fully saturated rings. The van der Waals surface area contributed by atoms with Crippen LogP contribution in [0.15, 0.2) is 47.5 Å². The Labute approximate surface area is 196 Å². The summed E-state index contributed by atoms with van der Waals surface area (Å²) in [5, 5.41) is 2.99. The van der Waals surface area contributed by atoms with Crippen molar-refractivity contribution in [2.75, 3.05) is 11.9 Å². The zero-order valence-electron chi connectivity index (χ0n) is 17.8. The standard InChI is InChI=1S/C21H23Cl2FN2O4SSi/c1-32(2,3)9-8-30-13-26-7-6-16-17(11-15(12-20(16)26)31(23,28)29)21(27)25-14-4-5-19(24)18(22)10-14/h4-7,10-12H,8-9,13H2,1-3H3,(H,25,27). The van der Waals surface area contributed by atoms with Crippen molar-refractivity contribution < 1.29 is 22.3 Å². The monoisotopic (exact) mass is 516 g/mol. The number of amides is 1. The second kappa shape index (κ2) is 9.52. The second-order valence-electron chi connectivity index (χ2n) is 8.56. The van der Waals surface area contributed by atoms with E-state index in [1.807, 2.05) is 0 Å². The molecule has 1 N–H and O–H groups in total. The molecule has 0 radical (unpaired) electrons. The molecule has 1 heterocycles. The molecule has 3 rings (SSSR count). The number of aromatic nitrogens is 1. The Hall–Kier alpha value is -1.91. The minimum atomic E-state index is -4.10. The van der Waals surface area contributed by atoms with Crippen molar-refractivity contribution in [2.45, 2.75) is 37.3 Å². The molecule has 32 heavy (non-hydrogen) atoms. The van der Waals surface area contributed by atoms with Crippen LogP contribution in [0.4, 0.5) is 10.1 Å². The average molecular weight is 517 g/mol. The van der Waals surface area contributed by atoms with E-state index in [4.69, 9.17) is 27.0 Å². The molecule has 0 spiro atoms. The van der Waals surface area contributed by atoms with Gasteiger partial charge in [-0.3, -0.25) is 4.79 Å². The number of ether oxygens (including phenoxy) is 1. The van der Waals surface area contributed by atoms with Gasteiger partial charge in [0.2, 0.25) is 0 Å². The molecule has 0 bridgehead atoms. The van der Waals surface area contributed by atoms with Crippen LogP contribution in [0.1, 0.15) is 10.4 Å². The summed E-state index contributed by atoms with van der Waals surface area (Å²) in [5.74, 6) is -1.20. The smallest absolute Gasteiger partial charge is 0.261 e. The van der Waals surface area contributed by atoms with Gasteiger partial charge in [0.25, 0.3) is 15.0 Å². The molecule has 2 aromatic carbocycles. The third-order valence-corrected chi connectivity index (χ3v) is 8.12. The molecular formula is C21H23Cl2FN2O4SSi. The van der Waals surface area contributed by atoms with Crippen LogP contribution in [0.2, 0.25) is 30.7 Å². The maximum atomic E-state index is 13.4. The lowest BCUT2D eigenvalue weighted by Gasteiger charge is -2.16. The summed E-state index contributed by atoms with van der Waals surface area (Å²) in [6.45, 7) is 7.53. The van der Waals surface area contributed by atoms with Gasteiger partial charge < -0.3 is 14.6 Å². The Balaban J connectivity index is 1.95. The fourth-order valence-corrected chi connectivity index (χ4v) is 4.74. The predicted molar refractivity (Wildman–Crippen MR) is 128 cm³/mol. The molecule has 0 unspecified atom stereocenters. The van der Waals surface area contributed by atoms with Crippen LogP contribution in [0, 0.1) is 5.82 Å². The summed E-state index contributed by atoms with van der Waals surface area (Å²) in [6, 6.07) is 9.06. The van der Waals surface area contributed by atoms with E-state index in [9.17, 15) is 17.6 Å². The van der Waals surface area contributed by atoms with Crippen molar-refractivity contribution >= 4 is 61.9 Å². The molecule has 0 aliphatic heterocycles. The van der Waals surface area contributed by atoms with Gasteiger partial charge in [-0.25, -0.2) is 12.8 Å². The van der Waals surface area contributed by atoms with E-state index in [0.717, 1.165) is 12.1 Å². The van der Waals surface area contributed by atoms with Crippen LogP contribution >= 0.6 is 22.3 Å². The highest BCUT2D eigenvalue weighted by Gasteiger charge is 2.20. The van der Waals surface area contributed by atoms with Crippen molar-refractivity contribution in [2.24, 2.45) is 0 Å². The molecular weight excluding hydrogens is 494 g/mol. The minimum Gasteiger partial charge on any atom is -0.361 e. The van der Waals surface area contributed by atoms with Gasteiger partial charge in [0.1, 0.15) is 12.5 Å². The van der Waals surface area contributed by atoms with Crippen LogP contribution in [0.5, 0.6) is 0 Å². The van der Waals surface area contributed by atoms with Gasteiger partial charge in [0, 0.05) is 42.6 Å². The molecule has 172 valence electrons. The zero-order valence-corrected chi connectivity index (χ0v) is 21.1. The fraction of sp³-hybridized carbons (Fsp3) is 0.286. The van der Waals surface area contributed by atoms with Gasteiger partial charge in [0.15, 0.2) is 0 Å². The lowest BCUT2D eigenvalue weighted by atomic mass is 10.1. The van der Waals surface area contributed by atoms with E-state index in [-0.39, 0.29) is 27.9 Å². The Morgan fingerprint density at radius 2 is 1.91 bits per heavy atom. The molecule has 0 aliphatic carbocycles. The number of hydrogen-bond donors (Lipinski definition) is 1. The fourth-order valence-electron chi connectivity index (χ4n) is 3.02. The minimum absolute atomic E-state index is 0.100. The normalized spacial score (nSPS) is 12.3. The van der Waals surface area contributed by atoms with E-state index < -0.39 is 28.8 Å². The first-order valence-corrected chi connectivity index (χ1v) is 16.2. The summed E-state index contributed by atoms with van der Waals surface area (Å²) in [5.41, 5.74) is 0.854. The van der Waals surface area contributed by atoms with Crippen molar-refractivity contribution in [3.8, 4) is 0 Å². The van der Waals surface area contributed by atoms with Crippen molar-refractivity contribution in [1.82, 2.24) is 4.57 Å². The van der Waals surface area contributed by atoms with E-state index in [1.54, 1.807) is 16.8 Å². The summed E-state index contributed by atoms with van der Waals surface area (Å²) in [7, 11) is 0.222. The quantitative estimate of drug-likeness (QED) is 0.228. The van der Waals surface area contributed by atoms with Gasteiger partial charge >= 0.3 is 0 Å². The first-order chi connectivity index (χ1) is 14.8. The molecule has 1 amide bonds. The third-order valence-electron chi connectivity index (χ3n) is 4.79. The number of anilines is 1. The number of halogens is 3. The summed E-state index contributed by atoms with van der Waals surface area (Å²) >= 11 is 5.78. The molecule has 1 aromatic heterocycles. The lowest BCUT2D eigenvalue weighted by molar-refractivity contribution is 0.0902. The van der Waals surface area contributed by atoms with Crippen LogP contribution in [0.3, 0.4) is 0 Å². The highest BCUT2D eigenvalue weighted by Crippen LogP contribution is 2.28. The summed E-state index contributed by atoms with van der Waals surface area (Å²) < 4.78 is 45.0. The molecule has 6 nitrogen and oxygen atoms in total. The number of carbonyl (C=O) groups excluding carboxylic acids is 1. The number of fused-ring (bicyclic) bond motifs is 1. The first kappa shape index (κ1) is 24.7. The number of carbonyl (C=O) groups is 1. The van der Waals surface area contributed by atoms with E-state index in [0.29, 0.717) is 17.5 Å². The predicted octanol–water partition coefficient (Wildman–Crippen LogP) is 5.93. The largest absolute Gasteiger partial charge is 0.361 e. The van der Waals surface area contributed by atoms with Gasteiger partial charge in [-0.05, 0) is 42.4 Å². The Bertz CT molecular complexity index is 1270. The molecule has 3 aromatic rings. The number of benzene rings is 2. The van der Waals surface area contributed by atoms with Crippen LogP contribution in [-0.2, 0) is 20.5 Å². The summed E-state index contributed by atoms with van der Waals surface area (Å²) in [4.78, 5) is 12.7. The van der Waals surface area contributed by atoms with E-state index in [1.165, 1.54) is 24.3 Å². The molecule has 0 atom stereocenters. The van der Waals surface area contributed by atoms with E-state index in [2.05, 4.69) is 25.0 Å². The van der Waals surface area contributed by atoms with Crippen molar-refractivity contribution in [1.29, 1.82) is 0 Å². The average Bonchev–Trinajstić information content (AvgIpc) is 3.09. The maximum absolute atomic E-state index is 13.4. The SMILES string of the molecule is C[Si](C)(C)CCOCn1ccc2c(C(=O)Nc3ccc(F)c(Cl)c3)cc(S(=O)(=O)Cl)cc21. The molecule has 0 saturated carbocycles. The number of rotatable bonds is 8. The highest BCUT2D eigenvalue weighted by atomic mass is 35.7. The zero-order chi connectivity index (χ0) is 23.7. The van der Waals surface area contributed by atoms with Crippen LogP contribution < -0.4 is 5.32 Å². The maximum Gasteiger partial charge on any atom is 0.261 e. The molecule has 0 saturated heterocycles. The van der Waals surface area contributed by atoms with Crippen molar-refractivity contribution in [3.63, 3.8) is 0 Å². The van der Waals surface area contributed by atoms with Gasteiger partial charge in [0.05, 0.1) is 21.0 Å². The van der Waals surface area contributed by atoms with Crippen LogP contribution in [0.25, 0.3) is 10.9 Å². The molecule has 11 heteroatoms. The Morgan fingerprint density at radius 1 is 1.19 bits per heavy atom. The van der Waals surface area contributed by atoms with Gasteiger partial charge in [-0.15, -0.1) is 0 Å². The molecule has 0 aliphatic rings. The van der Waals surface area contributed by atoms with Gasteiger partial charge in [-0.2, -0.15) is 0 Å². The summed E-state index contributed by atoms with van der Waals surface area (Å²) in [6.07, 6.45) is 1.72. The number of nitrogens with one attached hydrogen (secondary N) is 1. The third kappa shape index (κ3) is 6.11. The van der Waals surface area contributed by atoms with Gasteiger partial charge in [-0.1, -0.05) is 31.2 Å². The second-order valence-corrected chi connectivity index (χ2v) is 17.2. The Morgan fingerprint density at radius 3 is 2.53 bits per heavy atom. The highest BCUT2D eigenvalue weighted by molar-refractivity contribution is 8.13. The first-order valence-electron chi connectivity index (χ1n) is 9.77. The van der Waals surface area contributed by atoms with E-state index >= 15 is 0 Å². The number of nitrogens with zero attached hydrogens (tertiary/aromatic N) is 1. The van der Waals surface area contributed by atoms with Crippen molar-refractivity contribution in [3.05, 3.63) is 59.0 Å².